The molecule has 1 saturated heterocycles. The van der Waals surface area contributed by atoms with Crippen LogP contribution in [0.2, 0.25) is 0 Å². The van der Waals surface area contributed by atoms with Crippen LogP contribution in [0.1, 0.15) is 24.0 Å². The van der Waals surface area contributed by atoms with E-state index in [4.69, 9.17) is 9.47 Å². The van der Waals surface area contributed by atoms with Crippen molar-refractivity contribution in [2.45, 2.75) is 32.4 Å². The van der Waals surface area contributed by atoms with Crippen molar-refractivity contribution in [2.75, 3.05) is 12.1 Å². The first kappa shape index (κ1) is 17.3. The summed E-state index contributed by atoms with van der Waals surface area (Å²) in [6, 6.07) is 9.33. The van der Waals surface area contributed by atoms with Crippen molar-refractivity contribution in [3.8, 4) is 11.5 Å². The summed E-state index contributed by atoms with van der Waals surface area (Å²) in [5, 5.41) is 2.62. The number of benzene rings is 2. The van der Waals surface area contributed by atoms with Crippen molar-refractivity contribution in [2.24, 2.45) is 0 Å². The molecule has 2 aromatic carbocycles. The van der Waals surface area contributed by atoms with E-state index in [0.717, 1.165) is 11.1 Å². The van der Waals surface area contributed by atoms with E-state index >= 15 is 0 Å². The maximum atomic E-state index is 13.9. The quantitative estimate of drug-likeness (QED) is 0.898. The molecular formula is C20H19FN2O4. The van der Waals surface area contributed by atoms with Gasteiger partial charge in [-0.2, -0.15) is 0 Å². The van der Waals surface area contributed by atoms with Crippen LogP contribution in [0, 0.1) is 12.7 Å². The topological polar surface area (TPSA) is 67.9 Å². The highest BCUT2D eigenvalue weighted by Gasteiger charge is 2.36. The molecule has 0 spiro atoms. The van der Waals surface area contributed by atoms with Gasteiger partial charge in [0.2, 0.25) is 18.6 Å². The highest BCUT2D eigenvalue weighted by atomic mass is 19.1. The number of hydrogen-bond acceptors (Lipinski definition) is 4. The SMILES string of the molecule is Cc1ccc(F)c(NC(=O)C2CCC(=O)N2Cc2ccc3c(c2)OCO3)c1. The van der Waals surface area contributed by atoms with Crippen LogP contribution in [0.3, 0.4) is 0 Å². The number of ether oxygens (including phenoxy) is 2. The van der Waals surface area contributed by atoms with Crippen LogP contribution in [0.25, 0.3) is 0 Å². The van der Waals surface area contributed by atoms with E-state index in [1.165, 1.54) is 11.0 Å². The number of rotatable bonds is 4. The van der Waals surface area contributed by atoms with Crippen molar-refractivity contribution in [1.82, 2.24) is 4.90 Å². The predicted molar refractivity (Wildman–Crippen MR) is 95.9 cm³/mol. The summed E-state index contributed by atoms with van der Waals surface area (Å²) in [6.45, 7) is 2.28. The summed E-state index contributed by atoms with van der Waals surface area (Å²) >= 11 is 0. The minimum atomic E-state index is -0.636. The van der Waals surface area contributed by atoms with Gasteiger partial charge in [0.05, 0.1) is 5.69 Å². The first-order valence-corrected chi connectivity index (χ1v) is 8.76. The molecule has 1 unspecified atom stereocenters. The second-order valence-corrected chi connectivity index (χ2v) is 6.74. The Hall–Kier alpha value is -3.09. The Balaban J connectivity index is 1.50. The van der Waals surface area contributed by atoms with Gasteiger partial charge in [-0.3, -0.25) is 9.59 Å². The molecule has 4 rings (SSSR count). The van der Waals surface area contributed by atoms with E-state index in [0.29, 0.717) is 24.3 Å². The molecule has 140 valence electrons. The van der Waals surface area contributed by atoms with Gasteiger partial charge in [0.25, 0.3) is 0 Å². The van der Waals surface area contributed by atoms with Crippen molar-refractivity contribution >= 4 is 17.5 Å². The molecule has 1 fully saturated rings. The second kappa shape index (κ2) is 6.90. The van der Waals surface area contributed by atoms with Crippen LogP contribution < -0.4 is 14.8 Å². The molecule has 1 N–H and O–H groups in total. The fourth-order valence-electron chi connectivity index (χ4n) is 3.39. The minimum Gasteiger partial charge on any atom is -0.454 e. The zero-order chi connectivity index (χ0) is 19.0. The number of nitrogens with zero attached hydrogens (tertiary/aromatic N) is 1. The van der Waals surface area contributed by atoms with Crippen molar-refractivity contribution < 1.29 is 23.5 Å². The summed E-state index contributed by atoms with van der Waals surface area (Å²) in [5.74, 6) is 0.307. The summed E-state index contributed by atoms with van der Waals surface area (Å²) in [5.41, 5.74) is 1.81. The molecule has 2 amide bonds. The van der Waals surface area contributed by atoms with Crippen molar-refractivity contribution in [3.63, 3.8) is 0 Å². The van der Waals surface area contributed by atoms with Crippen LogP contribution in [0.15, 0.2) is 36.4 Å². The Bertz CT molecular complexity index is 915. The standard InChI is InChI=1S/C20H19FN2O4/c1-12-2-4-14(21)15(8-12)22-20(25)16-5-7-19(24)23(16)10-13-3-6-17-18(9-13)27-11-26-17/h2-4,6,8-9,16H,5,7,10-11H2,1H3,(H,22,25). The van der Waals surface area contributed by atoms with E-state index in [2.05, 4.69) is 5.32 Å². The van der Waals surface area contributed by atoms with Crippen LogP contribution in [0.5, 0.6) is 11.5 Å². The van der Waals surface area contributed by atoms with Crippen molar-refractivity contribution in [1.29, 1.82) is 0 Å². The summed E-state index contributed by atoms with van der Waals surface area (Å²) in [6.07, 6.45) is 0.696. The molecule has 0 aliphatic carbocycles. The number of likely N-dealkylation sites (tertiary alicyclic amines) is 1. The Kier molecular flexibility index (Phi) is 4.43. The smallest absolute Gasteiger partial charge is 0.247 e. The maximum Gasteiger partial charge on any atom is 0.247 e. The predicted octanol–water partition coefficient (Wildman–Crippen LogP) is 2.99. The highest BCUT2D eigenvalue weighted by Crippen LogP contribution is 2.33. The highest BCUT2D eigenvalue weighted by molar-refractivity contribution is 5.99. The zero-order valence-corrected chi connectivity index (χ0v) is 14.8. The fraction of sp³-hybridized carbons (Fsp3) is 0.300. The largest absolute Gasteiger partial charge is 0.454 e. The lowest BCUT2D eigenvalue weighted by molar-refractivity contribution is -0.133. The molecule has 2 aromatic rings. The number of aryl methyl sites for hydroxylation is 1. The minimum absolute atomic E-state index is 0.0995. The molecule has 27 heavy (non-hydrogen) atoms. The Morgan fingerprint density at radius 3 is 2.89 bits per heavy atom. The third kappa shape index (κ3) is 3.45. The lowest BCUT2D eigenvalue weighted by Gasteiger charge is -2.24. The van der Waals surface area contributed by atoms with Gasteiger partial charge in [0.1, 0.15) is 11.9 Å². The van der Waals surface area contributed by atoms with Gasteiger partial charge in [-0.15, -0.1) is 0 Å². The number of fused-ring (bicyclic) bond motifs is 1. The molecule has 0 aromatic heterocycles. The molecule has 0 bridgehead atoms. The molecule has 0 saturated carbocycles. The number of amides is 2. The molecule has 7 heteroatoms. The lowest BCUT2D eigenvalue weighted by Crippen LogP contribution is -2.41. The number of hydrogen-bond donors (Lipinski definition) is 1. The first-order valence-electron chi connectivity index (χ1n) is 8.76. The van der Waals surface area contributed by atoms with Gasteiger partial charge in [-0.1, -0.05) is 12.1 Å². The lowest BCUT2D eigenvalue weighted by atomic mass is 10.1. The second-order valence-electron chi connectivity index (χ2n) is 6.74. The summed E-state index contributed by atoms with van der Waals surface area (Å²) in [7, 11) is 0. The normalized spacial score (nSPS) is 18.1. The van der Waals surface area contributed by atoms with Crippen molar-refractivity contribution in [3.05, 3.63) is 53.3 Å². The molecule has 2 heterocycles. The molecule has 1 atom stereocenters. The van der Waals surface area contributed by atoms with Crippen LogP contribution >= 0.6 is 0 Å². The van der Waals surface area contributed by atoms with Gasteiger partial charge < -0.3 is 19.7 Å². The molecule has 2 aliphatic rings. The van der Waals surface area contributed by atoms with Gasteiger partial charge in [0.15, 0.2) is 11.5 Å². The van der Waals surface area contributed by atoms with Gasteiger partial charge in [-0.25, -0.2) is 4.39 Å². The van der Waals surface area contributed by atoms with E-state index in [-0.39, 0.29) is 30.8 Å². The van der Waals surface area contributed by atoms with Gasteiger partial charge >= 0.3 is 0 Å². The Morgan fingerprint density at radius 2 is 2.04 bits per heavy atom. The monoisotopic (exact) mass is 370 g/mol. The van der Waals surface area contributed by atoms with Crippen LogP contribution in [0.4, 0.5) is 10.1 Å². The molecule has 0 radical (unpaired) electrons. The Morgan fingerprint density at radius 1 is 1.22 bits per heavy atom. The zero-order valence-electron chi connectivity index (χ0n) is 14.8. The first-order chi connectivity index (χ1) is 13.0. The molecule has 2 aliphatic heterocycles. The van der Waals surface area contributed by atoms with Crippen LogP contribution in [-0.4, -0.2) is 29.5 Å². The Labute approximate surface area is 155 Å². The number of anilines is 1. The number of carbonyl (C=O) groups is 2. The number of nitrogens with one attached hydrogen (secondary N) is 1. The van der Waals surface area contributed by atoms with Gasteiger partial charge in [0, 0.05) is 13.0 Å². The number of halogens is 1. The maximum absolute atomic E-state index is 13.9. The third-order valence-electron chi connectivity index (χ3n) is 4.80. The van der Waals surface area contributed by atoms with E-state index in [1.807, 2.05) is 19.1 Å². The third-order valence-corrected chi connectivity index (χ3v) is 4.80. The van der Waals surface area contributed by atoms with E-state index < -0.39 is 11.9 Å². The average molecular weight is 370 g/mol. The average Bonchev–Trinajstić information content (AvgIpc) is 3.25. The van der Waals surface area contributed by atoms with Gasteiger partial charge in [-0.05, 0) is 48.7 Å². The molecular weight excluding hydrogens is 351 g/mol. The molecule has 6 nitrogen and oxygen atoms in total. The van der Waals surface area contributed by atoms with Crippen LogP contribution in [-0.2, 0) is 16.1 Å². The number of carbonyl (C=O) groups excluding carboxylic acids is 2. The summed E-state index contributed by atoms with van der Waals surface area (Å²) in [4.78, 5) is 26.5. The summed E-state index contributed by atoms with van der Waals surface area (Å²) < 4.78 is 24.6. The van der Waals surface area contributed by atoms with E-state index in [9.17, 15) is 14.0 Å². The fourth-order valence-corrected chi connectivity index (χ4v) is 3.39. The van der Waals surface area contributed by atoms with E-state index in [1.54, 1.807) is 18.2 Å².